The van der Waals surface area contributed by atoms with Crippen LogP contribution in [0.25, 0.3) is 0 Å². The second kappa shape index (κ2) is 4.93. The predicted molar refractivity (Wildman–Crippen MR) is 56.7 cm³/mol. The van der Waals surface area contributed by atoms with Crippen LogP contribution >= 0.6 is 0 Å². The monoisotopic (exact) mass is 211 g/mol. The van der Waals surface area contributed by atoms with Crippen LogP contribution in [0.3, 0.4) is 0 Å². The first-order valence-electron chi connectivity index (χ1n) is 4.99. The minimum Gasteiger partial charge on any atom is -0.396 e. The highest BCUT2D eigenvalue weighted by Crippen LogP contribution is 2.09. The van der Waals surface area contributed by atoms with Crippen LogP contribution in [-0.4, -0.2) is 33.9 Å². The van der Waals surface area contributed by atoms with Crippen molar-refractivity contribution in [3.8, 4) is 0 Å². The van der Waals surface area contributed by atoms with Crippen LogP contribution in [0.15, 0.2) is 0 Å². The summed E-state index contributed by atoms with van der Waals surface area (Å²) in [5, 5.41) is 18.2. The third-order valence-corrected chi connectivity index (χ3v) is 2.29. The summed E-state index contributed by atoms with van der Waals surface area (Å²) >= 11 is 0. The van der Waals surface area contributed by atoms with Crippen molar-refractivity contribution in [1.82, 2.24) is 15.5 Å². The number of rotatable bonds is 4. The summed E-state index contributed by atoms with van der Waals surface area (Å²) in [5.41, 5.74) is 2.06. The molecule has 3 N–H and O–H groups in total. The minimum absolute atomic E-state index is 0.0313. The maximum atomic E-state index is 11.8. The third kappa shape index (κ3) is 2.79. The SMILES string of the molecule is Cc1n[nH]c(C)c1C(=O)NC(C)CCO. The van der Waals surface area contributed by atoms with Gasteiger partial charge in [-0.05, 0) is 27.2 Å². The average molecular weight is 211 g/mol. The molecule has 0 aromatic carbocycles. The fourth-order valence-corrected chi connectivity index (χ4v) is 1.45. The second-order valence-electron chi connectivity index (χ2n) is 3.70. The van der Waals surface area contributed by atoms with E-state index in [0.29, 0.717) is 17.7 Å². The number of hydrogen-bond acceptors (Lipinski definition) is 3. The summed E-state index contributed by atoms with van der Waals surface area (Å²) in [6, 6.07) is -0.0313. The largest absolute Gasteiger partial charge is 0.396 e. The van der Waals surface area contributed by atoms with Crippen molar-refractivity contribution in [3.05, 3.63) is 17.0 Å². The van der Waals surface area contributed by atoms with Gasteiger partial charge in [0.2, 0.25) is 0 Å². The highest BCUT2D eigenvalue weighted by molar-refractivity contribution is 5.96. The number of carbonyl (C=O) groups excluding carboxylic acids is 1. The molecule has 1 heterocycles. The van der Waals surface area contributed by atoms with Crippen molar-refractivity contribution in [2.75, 3.05) is 6.61 Å². The van der Waals surface area contributed by atoms with Crippen molar-refractivity contribution in [1.29, 1.82) is 0 Å². The van der Waals surface area contributed by atoms with Gasteiger partial charge in [-0.25, -0.2) is 0 Å². The van der Waals surface area contributed by atoms with Gasteiger partial charge in [0.15, 0.2) is 0 Å². The average Bonchev–Trinajstić information content (AvgIpc) is 2.46. The van der Waals surface area contributed by atoms with E-state index >= 15 is 0 Å². The van der Waals surface area contributed by atoms with Gasteiger partial charge in [0.05, 0.1) is 11.3 Å². The summed E-state index contributed by atoms with van der Waals surface area (Å²) in [7, 11) is 0. The molecule has 0 aliphatic heterocycles. The van der Waals surface area contributed by atoms with Gasteiger partial charge >= 0.3 is 0 Å². The van der Waals surface area contributed by atoms with Crippen LogP contribution in [0.5, 0.6) is 0 Å². The first-order valence-corrected chi connectivity index (χ1v) is 4.99. The van der Waals surface area contributed by atoms with Gasteiger partial charge in [-0.2, -0.15) is 5.10 Å². The van der Waals surface area contributed by atoms with Crippen LogP contribution in [0.1, 0.15) is 35.1 Å². The number of hydrogen-bond donors (Lipinski definition) is 3. The molecule has 1 amide bonds. The van der Waals surface area contributed by atoms with Crippen LogP contribution in [0.4, 0.5) is 0 Å². The van der Waals surface area contributed by atoms with Gasteiger partial charge in [-0.3, -0.25) is 9.89 Å². The second-order valence-corrected chi connectivity index (χ2v) is 3.70. The molecule has 84 valence electrons. The Labute approximate surface area is 88.9 Å². The Bertz CT molecular complexity index is 327. The molecule has 0 fully saturated rings. The van der Waals surface area contributed by atoms with Gasteiger partial charge in [0.1, 0.15) is 0 Å². The number of carbonyl (C=O) groups is 1. The van der Waals surface area contributed by atoms with E-state index in [2.05, 4.69) is 15.5 Å². The van der Waals surface area contributed by atoms with Gasteiger partial charge < -0.3 is 10.4 Å². The molecule has 0 saturated heterocycles. The smallest absolute Gasteiger partial charge is 0.255 e. The molecular weight excluding hydrogens is 194 g/mol. The third-order valence-electron chi connectivity index (χ3n) is 2.29. The van der Waals surface area contributed by atoms with E-state index in [4.69, 9.17) is 5.11 Å². The summed E-state index contributed by atoms with van der Waals surface area (Å²) in [5.74, 6) is -0.139. The Kier molecular flexibility index (Phi) is 3.85. The van der Waals surface area contributed by atoms with Crippen LogP contribution < -0.4 is 5.32 Å². The lowest BCUT2D eigenvalue weighted by atomic mass is 10.1. The Hall–Kier alpha value is -1.36. The number of aliphatic hydroxyl groups is 1. The zero-order valence-corrected chi connectivity index (χ0v) is 9.29. The zero-order chi connectivity index (χ0) is 11.4. The highest BCUT2D eigenvalue weighted by Gasteiger charge is 2.16. The molecule has 0 saturated carbocycles. The molecule has 1 aromatic rings. The van der Waals surface area contributed by atoms with Crippen molar-refractivity contribution in [3.63, 3.8) is 0 Å². The quantitative estimate of drug-likeness (QED) is 0.679. The van der Waals surface area contributed by atoms with Crippen molar-refractivity contribution >= 4 is 5.91 Å². The lowest BCUT2D eigenvalue weighted by molar-refractivity contribution is 0.0933. The van der Waals surface area contributed by atoms with Crippen LogP contribution in [0, 0.1) is 13.8 Å². The molecule has 1 aromatic heterocycles. The standard InChI is InChI=1S/C10H17N3O2/c1-6(4-5-14)11-10(15)9-7(2)12-13-8(9)3/h6,14H,4-5H2,1-3H3,(H,11,15)(H,12,13). The number of aliphatic hydroxyl groups excluding tert-OH is 1. The number of aromatic amines is 1. The molecule has 1 unspecified atom stereocenters. The predicted octanol–water partition coefficient (Wildman–Crippen LogP) is 0.527. The molecule has 1 rings (SSSR count). The number of aryl methyl sites for hydroxylation is 2. The lowest BCUT2D eigenvalue weighted by Gasteiger charge is -2.12. The molecule has 0 bridgehead atoms. The van der Waals surface area contributed by atoms with Gasteiger partial charge in [0.25, 0.3) is 5.91 Å². The minimum atomic E-state index is -0.139. The number of nitrogens with zero attached hydrogens (tertiary/aromatic N) is 1. The molecule has 5 nitrogen and oxygen atoms in total. The molecule has 1 atom stereocenters. The fraction of sp³-hybridized carbons (Fsp3) is 0.600. The molecule has 15 heavy (non-hydrogen) atoms. The Morgan fingerprint density at radius 2 is 2.27 bits per heavy atom. The van der Waals surface area contributed by atoms with E-state index < -0.39 is 0 Å². The summed E-state index contributed by atoms with van der Waals surface area (Å²) in [6.07, 6.45) is 0.557. The molecule has 0 aliphatic carbocycles. The van der Waals surface area contributed by atoms with Crippen molar-refractivity contribution in [2.45, 2.75) is 33.2 Å². The number of nitrogens with one attached hydrogen (secondary N) is 2. The summed E-state index contributed by atoms with van der Waals surface area (Å²) in [6.45, 7) is 5.53. The normalized spacial score (nSPS) is 12.5. The summed E-state index contributed by atoms with van der Waals surface area (Å²) in [4.78, 5) is 11.8. The first-order chi connectivity index (χ1) is 7.06. The van der Waals surface area contributed by atoms with Gasteiger partial charge in [0, 0.05) is 18.3 Å². The Balaban J connectivity index is 2.69. The van der Waals surface area contributed by atoms with Gasteiger partial charge in [-0.1, -0.05) is 0 Å². The van der Waals surface area contributed by atoms with E-state index in [1.54, 1.807) is 6.92 Å². The van der Waals surface area contributed by atoms with E-state index in [9.17, 15) is 4.79 Å². The topological polar surface area (TPSA) is 78.0 Å². The van der Waals surface area contributed by atoms with E-state index in [-0.39, 0.29) is 18.6 Å². The van der Waals surface area contributed by atoms with Crippen LogP contribution in [0.2, 0.25) is 0 Å². The van der Waals surface area contributed by atoms with E-state index in [1.807, 2.05) is 13.8 Å². The molecule has 0 spiro atoms. The number of aromatic nitrogens is 2. The molecule has 5 heteroatoms. The molecule has 0 aliphatic rings. The van der Waals surface area contributed by atoms with Gasteiger partial charge in [-0.15, -0.1) is 0 Å². The maximum Gasteiger partial charge on any atom is 0.255 e. The molecular formula is C10H17N3O2. The van der Waals surface area contributed by atoms with Crippen LogP contribution in [-0.2, 0) is 0 Å². The fourth-order valence-electron chi connectivity index (χ4n) is 1.45. The maximum absolute atomic E-state index is 11.8. The lowest BCUT2D eigenvalue weighted by Crippen LogP contribution is -2.33. The Morgan fingerprint density at radius 3 is 2.73 bits per heavy atom. The number of amides is 1. The molecule has 0 radical (unpaired) electrons. The Morgan fingerprint density at radius 1 is 1.60 bits per heavy atom. The highest BCUT2D eigenvalue weighted by atomic mass is 16.3. The summed E-state index contributed by atoms with van der Waals surface area (Å²) < 4.78 is 0. The van der Waals surface area contributed by atoms with E-state index in [1.165, 1.54) is 0 Å². The van der Waals surface area contributed by atoms with Crippen molar-refractivity contribution in [2.24, 2.45) is 0 Å². The first kappa shape index (κ1) is 11.7. The number of H-pyrrole nitrogens is 1. The van der Waals surface area contributed by atoms with Crippen molar-refractivity contribution < 1.29 is 9.90 Å². The zero-order valence-electron chi connectivity index (χ0n) is 9.29. The van der Waals surface area contributed by atoms with E-state index in [0.717, 1.165) is 5.69 Å².